The average molecular weight is 609 g/mol. The number of carbonyl (C=O) groups is 2. The van der Waals surface area contributed by atoms with Crippen molar-refractivity contribution in [2.45, 2.75) is 68.6 Å². The molecule has 0 aromatic heterocycles. The van der Waals surface area contributed by atoms with Crippen LogP contribution in [0.25, 0.3) is 0 Å². The summed E-state index contributed by atoms with van der Waals surface area (Å²) in [4.78, 5) is 33.5. The third kappa shape index (κ3) is 8.19. The Bertz CT molecular complexity index is 987. The van der Waals surface area contributed by atoms with Crippen LogP contribution in [0.15, 0.2) is 0 Å². The predicted molar refractivity (Wildman–Crippen MR) is 151 cm³/mol. The number of nitrogens with one attached hydrogen (secondary N) is 3. The first kappa shape index (κ1) is 31.7. The van der Waals surface area contributed by atoms with Gasteiger partial charge < -0.3 is 14.5 Å². The Hall–Kier alpha value is -1.25. The zero-order chi connectivity index (χ0) is 29.0. The topological polar surface area (TPSA) is 123 Å². The number of alkyl halides is 2. The van der Waals surface area contributed by atoms with Gasteiger partial charge in [-0.05, 0) is 69.7 Å². The number of hydrazine groups is 1. The lowest BCUT2D eigenvalue weighted by Gasteiger charge is -2.37. The fraction of sp³-hybridized carbons (Fsp3) is 0.923. The lowest BCUT2D eigenvalue weighted by molar-refractivity contribution is -0.129. The van der Waals surface area contributed by atoms with E-state index in [0.717, 1.165) is 38.9 Å². The van der Waals surface area contributed by atoms with Crippen LogP contribution in [0.1, 0.15) is 44.9 Å². The minimum absolute atomic E-state index is 0.0207. The largest absolute Gasteiger partial charge is 0.381 e. The molecule has 4 aliphatic rings. The molecule has 230 valence electrons. The second-order valence-corrected chi connectivity index (χ2v) is 14.6. The van der Waals surface area contributed by atoms with Crippen molar-refractivity contribution in [2.24, 2.45) is 23.7 Å². The number of ether oxygens (including phenoxy) is 1. The van der Waals surface area contributed by atoms with Crippen LogP contribution in [0.5, 0.6) is 0 Å². The van der Waals surface area contributed by atoms with Crippen LogP contribution < -0.4 is 15.6 Å². The Balaban J connectivity index is 1.21. The lowest BCUT2D eigenvalue weighted by atomic mass is 9.76. The number of rotatable bonds is 9. The van der Waals surface area contributed by atoms with Crippen molar-refractivity contribution in [1.82, 2.24) is 30.3 Å². The normalized spacial score (nSPS) is 35.6. The van der Waals surface area contributed by atoms with Gasteiger partial charge in [0.1, 0.15) is 6.17 Å². The molecule has 0 aromatic carbocycles. The zero-order valence-electron chi connectivity index (χ0n) is 23.9. The standard InChI is InChI=1S/C26H46ClFN6O5S/c1-32-14-23(29-16-32)19-10-21(24(28)22(27)11-19)25(35)30-31-40(37,38)15-18-8-9-34(13-18)26(36)33(2)12-17-4-6-20(39-3)7-5-17/h17-24,29,31H,4-16H2,1-3H3,(H,30,35)/t17?,18-,19?,20?,21?,22?,23?,24?/m1/s1. The number of hydrogen-bond donors (Lipinski definition) is 3. The Kier molecular flexibility index (Phi) is 10.9. The van der Waals surface area contributed by atoms with Crippen molar-refractivity contribution in [3.05, 3.63) is 0 Å². The first-order valence-electron chi connectivity index (χ1n) is 14.5. The molecule has 4 fully saturated rings. The van der Waals surface area contributed by atoms with Gasteiger partial charge in [0.25, 0.3) is 0 Å². The molecule has 0 aromatic rings. The molecule has 2 aliphatic heterocycles. The summed E-state index contributed by atoms with van der Waals surface area (Å²) < 4.78 is 45.9. The van der Waals surface area contributed by atoms with Crippen LogP contribution in [-0.4, -0.2) is 119 Å². The summed E-state index contributed by atoms with van der Waals surface area (Å²) in [7, 11) is 1.63. The highest BCUT2D eigenvalue weighted by Crippen LogP contribution is 2.37. The van der Waals surface area contributed by atoms with E-state index in [1.807, 2.05) is 7.05 Å². The number of methoxy groups -OCH3 is 1. The Labute approximate surface area is 242 Å². The van der Waals surface area contributed by atoms with Gasteiger partial charge in [0.15, 0.2) is 0 Å². The number of hydrogen-bond acceptors (Lipinski definition) is 7. The van der Waals surface area contributed by atoms with Gasteiger partial charge in [-0.25, -0.2) is 17.6 Å². The maximum atomic E-state index is 14.9. The molecule has 40 heavy (non-hydrogen) atoms. The highest BCUT2D eigenvalue weighted by Gasteiger charge is 2.44. The zero-order valence-corrected chi connectivity index (χ0v) is 25.4. The summed E-state index contributed by atoms with van der Waals surface area (Å²) in [6.45, 7) is 3.01. The van der Waals surface area contributed by atoms with E-state index in [1.165, 1.54) is 0 Å². The van der Waals surface area contributed by atoms with Crippen molar-refractivity contribution in [2.75, 3.05) is 59.8 Å². The molecule has 11 nitrogen and oxygen atoms in total. The van der Waals surface area contributed by atoms with Gasteiger partial charge in [0, 0.05) is 53.0 Å². The van der Waals surface area contributed by atoms with Gasteiger partial charge in [-0.1, -0.05) is 0 Å². The van der Waals surface area contributed by atoms with E-state index in [4.69, 9.17) is 16.3 Å². The van der Waals surface area contributed by atoms with Crippen LogP contribution in [0.4, 0.5) is 9.18 Å². The summed E-state index contributed by atoms with van der Waals surface area (Å²) in [5, 5.41) is 2.57. The number of urea groups is 1. The van der Waals surface area contributed by atoms with Crippen molar-refractivity contribution in [3.8, 4) is 0 Å². The summed E-state index contributed by atoms with van der Waals surface area (Å²) in [5.74, 6) is -1.76. The maximum absolute atomic E-state index is 14.9. The van der Waals surface area contributed by atoms with Crippen LogP contribution in [0.2, 0.25) is 0 Å². The number of carbonyl (C=O) groups excluding carboxylic acids is 2. The Morgan fingerprint density at radius 1 is 1.12 bits per heavy atom. The molecule has 14 heteroatoms. The molecule has 0 radical (unpaired) electrons. The molecule has 0 spiro atoms. The van der Waals surface area contributed by atoms with Gasteiger partial charge in [-0.3, -0.25) is 20.4 Å². The van der Waals surface area contributed by atoms with Crippen molar-refractivity contribution >= 4 is 33.6 Å². The van der Waals surface area contributed by atoms with E-state index in [9.17, 15) is 22.4 Å². The van der Waals surface area contributed by atoms with E-state index in [-0.39, 0.29) is 29.7 Å². The second-order valence-electron chi connectivity index (χ2n) is 12.3. The van der Waals surface area contributed by atoms with Crippen LogP contribution >= 0.6 is 11.6 Å². The van der Waals surface area contributed by atoms with Crippen molar-refractivity contribution in [1.29, 1.82) is 0 Å². The van der Waals surface area contributed by atoms with E-state index in [2.05, 4.69) is 20.5 Å². The van der Waals surface area contributed by atoms with E-state index >= 15 is 0 Å². The Morgan fingerprint density at radius 2 is 1.85 bits per heavy atom. The molecule has 3 N–H and O–H groups in total. The first-order valence-corrected chi connectivity index (χ1v) is 16.6. The third-order valence-electron chi connectivity index (χ3n) is 9.18. The molecule has 4 rings (SSSR count). The van der Waals surface area contributed by atoms with E-state index in [0.29, 0.717) is 50.9 Å². The lowest BCUT2D eigenvalue weighted by Crippen LogP contribution is -2.52. The fourth-order valence-electron chi connectivity index (χ4n) is 6.83. The monoisotopic (exact) mass is 608 g/mol. The number of likely N-dealkylation sites (N-methyl/N-ethyl adjacent to an activating group) is 1. The third-order valence-corrected chi connectivity index (χ3v) is 10.9. The highest BCUT2D eigenvalue weighted by molar-refractivity contribution is 7.89. The summed E-state index contributed by atoms with van der Waals surface area (Å²) in [5.41, 5.74) is 2.24. The molecule has 2 saturated heterocycles. The Morgan fingerprint density at radius 3 is 2.50 bits per heavy atom. The molecule has 2 saturated carbocycles. The van der Waals surface area contributed by atoms with Crippen LogP contribution in [0, 0.1) is 23.7 Å². The molecular formula is C26H46ClFN6O5S. The SMILES string of the molecule is COC1CCC(CN(C)C(=O)N2CC[C@@H](CS(=O)(=O)NNC(=O)C3CC(C4CN(C)CN4)CC(Cl)C3F)C2)CC1. The van der Waals surface area contributed by atoms with Crippen molar-refractivity contribution in [3.63, 3.8) is 0 Å². The number of sulfonamides is 1. The molecule has 6 atom stereocenters. The first-order chi connectivity index (χ1) is 19.0. The van der Waals surface area contributed by atoms with Gasteiger partial charge in [-0.15, -0.1) is 16.4 Å². The fourth-order valence-corrected chi connectivity index (χ4v) is 8.47. The number of halogens is 2. The molecule has 0 bridgehead atoms. The van der Waals surface area contributed by atoms with Gasteiger partial charge in [-0.2, -0.15) is 0 Å². The van der Waals surface area contributed by atoms with Crippen LogP contribution in [-0.2, 0) is 19.6 Å². The number of likely N-dealkylation sites (tertiary alicyclic amines) is 1. The van der Waals surface area contributed by atoms with Crippen molar-refractivity contribution < 1.29 is 27.1 Å². The minimum Gasteiger partial charge on any atom is -0.381 e. The van der Waals surface area contributed by atoms with Gasteiger partial charge >= 0.3 is 6.03 Å². The summed E-state index contributed by atoms with van der Waals surface area (Å²) in [6, 6.07) is 0.0259. The van der Waals surface area contributed by atoms with E-state index < -0.39 is 33.4 Å². The average Bonchev–Trinajstić information content (AvgIpc) is 3.57. The smallest absolute Gasteiger partial charge is 0.319 e. The molecular weight excluding hydrogens is 563 g/mol. The van der Waals surface area contributed by atoms with E-state index in [1.54, 1.807) is 24.0 Å². The number of amides is 3. The second kappa shape index (κ2) is 13.8. The van der Waals surface area contributed by atoms with Gasteiger partial charge in [0.2, 0.25) is 15.9 Å². The number of nitrogens with zero attached hydrogens (tertiary/aromatic N) is 3. The molecule has 2 aliphatic carbocycles. The molecule has 3 amide bonds. The minimum atomic E-state index is -3.89. The maximum Gasteiger partial charge on any atom is 0.319 e. The van der Waals surface area contributed by atoms with Gasteiger partial charge in [0.05, 0.1) is 23.2 Å². The van der Waals surface area contributed by atoms with Crippen LogP contribution in [0.3, 0.4) is 0 Å². The summed E-state index contributed by atoms with van der Waals surface area (Å²) >= 11 is 6.27. The quantitative estimate of drug-likeness (QED) is 0.267. The summed E-state index contributed by atoms with van der Waals surface area (Å²) in [6.07, 6.45) is 4.14. The molecule has 5 unspecified atom stereocenters. The predicted octanol–water partition coefficient (Wildman–Crippen LogP) is 1.35. The highest BCUT2D eigenvalue weighted by atomic mass is 35.5. The molecule has 2 heterocycles.